The molecule has 0 amide bonds. The van der Waals surface area contributed by atoms with E-state index in [1.165, 1.54) is 0 Å². The van der Waals surface area contributed by atoms with Gasteiger partial charge in [0.1, 0.15) is 16.9 Å². The molecular weight excluding hydrogens is 419 g/mol. The zero-order valence-corrected chi connectivity index (χ0v) is 17.4. The van der Waals surface area contributed by atoms with E-state index in [-0.39, 0.29) is 0 Å². The summed E-state index contributed by atoms with van der Waals surface area (Å²) in [5.74, 6) is -0.989. The molecule has 4 nitrogen and oxygen atoms in total. The van der Waals surface area contributed by atoms with Gasteiger partial charge in [0.2, 0.25) is 5.88 Å². The maximum absolute atomic E-state index is 12.7. The van der Waals surface area contributed by atoms with E-state index < -0.39 is 40.5 Å². The topological polar surface area (TPSA) is 48.4 Å². The van der Waals surface area contributed by atoms with Gasteiger partial charge in [-0.15, -0.1) is 0 Å². The highest BCUT2D eigenvalue weighted by Crippen LogP contribution is 2.60. The van der Waals surface area contributed by atoms with Gasteiger partial charge in [-0.25, -0.2) is 4.98 Å². The predicted octanol–water partition coefficient (Wildman–Crippen LogP) is 6.44. The smallest absolute Gasteiger partial charge is 0.426 e. The number of allylic oxidation sites excluding steroid dienone is 2. The van der Waals surface area contributed by atoms with Gasteiger partial charge in [0.05, 0.1) is 11.6 Å². The fraction of sp³-hybridized carbons (Fsp3) is 0.364. The van der Waals surface area contributed by atoms with E-state index >= 15 is 0 Å². The summed E-state index contributed by atoms with van der Waals surface area (Å²) in [5.41, 5.74) is -0.205. The Bertz CT molecular complexity index is 944. The van der Waals surface area contributed by atoms with Crippen molar-refractivity contribution in [3.8, 4) is 11.6 Å². The van der Waals surface area contributed by atoms with Crippen LogP contribution in [0.25, 0.3) is 0 Å². The summed E-state index contributed by atoms with van der Waals surface area (Å²) in [5, 5.41) is -1.23. The van der Waals surface area contributed by atoms with Gasteiger partial charge in [0, 0.05) is 6.07 Å². The van der Waals surface area contributed by atoms with E-state index in [1.54, 1.807) is 51.1 Å². The van der Waals surface area contributed by atoms with Gasteiger partial charge < -0.3 is 9.47 Å². The van der Waals surface area contributed by atoms with Crippen molar-refractivity contribution in [1.29, 1.82) is 0 Å². The second kappa shape index (κ2) is 8.30. The largest absolute Gasteiger partial charge is 0.456 e. The summed E-state index contributed by atoms with van der Waals surface area (Å²) in [6.45, 7) is 5.06. The second-order valence-corrected chi connectivity index (χ2v) is 8.14. The highest BCUT2D eigenvalue weighted by Gasteiger charge is 2.62. The summed E-state index contributed by atoms with van der Waals surface area (Å²) in [6, 6.07) is 14.2. The van der Waals surface area contributed by atoms with Crippen LogP contribution in [-0.2, 0) is 9.53 Å². The molecule has 0 aliphatic heterocycles. The third kappa shape index (κ3) is 4.95. The Labute approximate surface area is 177 Å². The monoisotopic (exact) mass is 439 g/mol. The minimum absolute atomic E-state index is 0.339. The molecule has 0 bridgehead atoms. The molecule has 1 saturated carbocycles. The number of para-hydroxylation sites is 1. The average Bonchev–Trinajstić information content (AvgIpc) is 3.22. The normalized spacial score (nSPS) is 21.6. The van der Waals surface area contributed by atoms with Crippen molar-refractivity contribution in [3.05, 3.63) is 65.3 Å². The van der Waals surface area contributed by atoms with Crippen molar-refractivity contribution in [1.82, 2.24) is 4.98 Å². The number of pyridine rings is 1. The van der Waals surface area contributed by atoms with Gasteiger partial charge >= 0.3 is 12.1 Å². The lowest BCUT2D eigenvalue weighted by atomic mass is 10.1. The minimum Gasteiger partial charge on any atom is -0.456 e. The van der Waals surface area contributed by atoms with Crippen LogP contribution in [0.15, 0.2) is 59.6 Å². The van der Waals surface area contributed by atoms with Crippen molar-refractivity contribution in [3.63, 3.8) is 0 Å². The first kappa shape index (κ1) is 22.2. The van der Waals surface area contributed by atoms with Crippen molar-refractivity contribution in [2.75, 3.05) is 0 Å². The Kier molecular flexibility index (Phi) is 6.13. The quantitative estimate of drug-likeness (QED) is 0.486. The molecule has 1 aliphatic carbocycles. The number of carbonyl (C=O) groups is 1. The van der Waals surface area contributed by atoms with Crippen LogP contribution in [0.5, 0.6) is 11.6 Å². The number of halogens is 4. The first-order valence-corrected chi connectivity index (χ1v) is 9.73. The van der Waals surface area contributed by atoms with E-state index in [0.717, 1.165) is 6.08 Å². The molecule has 0 spiro atoms. The molecular formula is C22H21ClF3NO3. The summed E-state index contributed by atoms with van der Waals surface area (Å²) < 4.78 is 49.3. The van der Waals surface area contributed by atoms with Crippen LogP contribution in [0, 0.1) is 17.3 Å². The zero-order valence-electron chi connectivity index (χ0n) is 16.6. The van der Waals surface area contributed by atoms with Crippen LogP contribution in [0.4, 0.5) is 13.2 Å². The van der Waals surface area contributed by atoms with E-state index in [9.17, 15) is 18.0 Å². The molecule has 1 heterocycles. The van der Waals surface area contributed by atoms with Crippen molar-refractivity contribution in [2.24, 2.45) is 17.3 Å². The molecule has 3 rings (SSSR count). The molecule has 30 heavy (non-hydrogen) atoms. The Morgan fingerprint density at radius 3 is 2.47 bits per heavy atom. The molecule has 8 heteroatoms. The highest BCUT2D eigenvalue weighted by molar-refractivity contribution is 6.30. The minimum atomic E-state index is -4.63. The molecule has 1 fully saturated rings. The fourth-order valence-corrected chi connectivity index (χ4v) is 3.46. The van der Waals surface area contributed by atoms with Crippen LogP contribution < -0.4 is 4.74 Å². The second-order valence-electron chi connectivity index (χ2n) is 7.73. The highest BCUT2D eigenvalue weighted by atomic mass is 35.5. The van der Waals surface area contributed by atoms with Crippen LogP contribution in [0.1, 0.15) is 32.6 Å². The molecule has 3 atom stereocenters. The Balaban J connectivity index is 1.67. The molecule has 1 aromatic heterocycles. The average molecular weight is 440 g/mol. The Hall–Kier alpha value is -2.54. The van der Waals surface area contributed by atoms with Gasteiger partial charge in [-0.05, 0) is 36.5 Å². The van der Waals surface area contributed by atoms with Crippen LogP contribution in [0.2, 0.25) is 0 Å². The Morgan fingerprint density at radius 1 is 1.17 bits per heavy atom. The van der Waals surface area contributed by atoms with Gasteiger partial charge in [-0.1, -0.05) is 55.8 Å². The molecule has 1 unspecified atom stereocenters. The molecule has 1 aromatic carbocycles. The van der Waals surface area contributed by atoms with Crippen molar-refractivity contribution >= 4 is 17.6 Å². The number of esters is 1. The first-order chi connectivity index (χ1) is 14.0. The maximum Gasteiger partial charge on any atom is 0.426 e. The number of aromatic nitrogens is 1. The van der Waals surface area contributed by atoms with Gasteiger partial charge in [0.15, 0.2) is 0 Å². The molecule has 160 valence electrons. The number of hydrogen-bond acceptors (Lipinski definition) is 4. The molecule has 0 radical (unpaired) electrons. The van der Waals surface area contributed by atoms with E-state index in [0.29, 0.717) is 17.3 Å². The lowest BCUT2D eigenvalue weighted by molar-refractivity contribution is -0.151. The summed E-state index contributed by atoms with van der Waals surface area (Å²) >= 11 is 5.33. The van der Waals surface area contributed by atoms with Gasteiger partial charge in [0.25, 0.3) is 0 Å². The maximum atomic E-state index is 12.7. The van der Waals surface area contributed by atoms with E-state index in [1.807, 2.05) is 18.2 Å². The van der Waals surface area contributed by atoms with Gasteiger partial charge in [-0.3, -0.25) is 4.79 Å². The number of hydrogen-bond donors (Lipinski definition) is 0. The summed E-state index contributed by atoms with van der Waals surface area (Å²) in [4.78, 5) is 16.9. The third-order valence-corrected chi connectivity index (χ3v) is 5.52. The van der Waals surface area contributed by atoms with E-state index in [2.05, 4.69) is 4.98 Å². The predicted molar refractivity (Wildman–Crippen MR) is 106 cm³/mol. The molecule has 1 aliphatic rings. The number of nitrogens with zero attached hydrogens (tertiary/aromatic N) is 1. The zero-order chi connectivity index (χ0) is 22.1. The lowest BCUT2D eigenvalue weighted by Gasteiger charge is -2.14. The number of benzene rings is 1. The lowest BCUT2D eigenvalue weighted by Crippen LogP contribution is -2.14. The van der Waals surface area contributed by atoms with Crippen LogP contribution in [-0.4, -0.2) is 17.1 Å². The number of carbonyl (C=O) groups excluding carboxylic acids is 1. The molecule has 2 aromatic rings. The summed E-state index contributed by atoms with van der Waals surface area (Å²) in [7, 11) is 0. The summed E-state index contributed by atoms with van der Waals surface area (Å²) in [6.07, 6.45) is -4.44. The Morgan fingerprint density at radius 2 is 1.83 bits per heavy atom. The third-order valence-electron chi connectivity index (χ3n) is 5.18. The van der Waals surface area contributed by atoms with Crippen LogP contribution in [0.3, 0.4) is 0 Å². The van der Waals surface area contributed by atoms with Gasteiger partial charge in [-0.2, -0.15) is 13.2 Å². The fourth-order valence-electron chi connectivity index (χ4n) is 3.32. The standard InChI is InChI=1S/C22H21ClF3NO3/c1-13(16-10-7-11-18(27-16)30-14-8-5-4-6-9-14)29-20(28)19-15(21(19,2)3)12-17(23)22(24,25)26/h4-13,15,19H,1-3H3/b17-12-/t13?,15-,19+/m1/s1. The van der Waals surface area contributed by atoms with E-state index in [4.69, 9.17) is 21.1 Å². The molecule has 0 saturated heterocycles. The number of alkyl halides is 3. The van der Waals surface area contributed by atoms with Crippen LogP contribution >= 0.6 is 11.6 Å². The first-order valence-electron chi connectivity index (χ1n) is 9.35. The number of ether oxygens (including phenoxy) is 2. The van der Waals surface area contributed by atoms with Crippen molar-refractivity contribution in [2.45, 2.75) is 33.1 Å². The SMILES string of the molecule is CC(OC(=O)[C@@H]1[C@@H](/C=C(\Cl)C(F)(F)F)C1(C)C)c1cccc(Oc2ccccc2)n1. The number of rotatable bonds is 6. The van der Waals surface area contributed by atoms with Crippen molar-refractivity contribution < 1.29 is 27.4 Å². The molecule has 0 N–H and O–H groups in total.